The first-order chi connectivity index (χ1) is 37.6. The second-order valence-corrected chi connectivity index (χ2v) is 18.2. The van der Waals surface area contributed by atoms with Crippen molar-refractivity contribution in [3.05, 3.63) is 95.7 Å². The van der Waals surface area contributed by atoms with Crippen molar-refractivity contribution in [2.75, 3.05) is 39.5 Å². The number of aromatic nitrogens is 1. The lowest BCUT2D eigenvalue weighted by Crippen LogP contribution is -2.62. The highest BCUT2D eigenvalue weighted by Gasteiger charge is 2.36. The van der Waals surface area contributed by atoms with Gasteiger partial charge < -0.3 is 94.3 Å². The predicted molar refractivity (Wildman–Crippen MR) is 279 cm³/mol. The van der Waals surface area contributed by atoms with Crippen molar-refractivity contribution in [1.82, 2.24) is 52.8 Å². The SMILES string of the molecule is CC[C@H](C)[C@H](NC(=O)[C@H](CO)NC(=O)CNC(=O)CN)C(=O)N[C@@H](CO)C(=O)N[C@@H](CO)C(=O)N[C@@H](Cc1ccc(O)cc1)C(=O)N[C@@H](Cc1ccc(O)cc1)C(=O)N[C@@H](Cc1c[nH]c2ccccc12)C(=O)N[C@@H](CO)C(=O)O. The number of carbonyl (C=O) groups excluding carboxylic acids is 9. The van der Waals surface area contributed by atoms with Gasteiger partial charge in [-0.15, -0.1) is 0 Å². The molecule has 0 aliphatic carbocycles. The molecule has 4 aromatic rings. The molecule has 0 saturated heterocycles. The van der Waals surface area contributed by atoms with Gasteiger partial charge in [-0.3, -0.25) is 43.2 Å². The van der Waals surface area contributed by atoms with Crippen LogP contribution in [0.25, 0.3) is 10.9 Å². The van der Waals surface area contributed by atoms with Crippen LogP contribution in [0.3, 0.4) is 0 Å². The van der Waals surface area contributed by atoms with E-state index in [0.29, 0.717) is 27.6 Å². The number of carbonyl (C=O) groups is 10. The molecule has 0 fully saturated rings. The van der Waals surface area contributed by atoms with Crippen LogP contribution in [0.1, 0.15) is 37.0 Å². The molecular formula is C51H67N11O17. The number of rotatable bonds is 31. The maximum Gasteiger partial charge on any atom is 0.328 e. The van der Waals surface area contributed by atoms with Crippen LogP contribution in [-0.4, -0.2) is 188 Å². The molecule has 0 aliphatic rings. The van der Waals surface area contributed by atoms with Crippen molar-refractivity contribution >= 4 is 70.0 Å². The van der Waals surface area contributed by atoms with Gasteiger partial charge in [-0.05, 0) is 52.9 Å². The number of benzene rings is 3. The van der Waals surface area contributed by atoms with Gasteiger partial charge in [0.2, 0.25) is 53.2 Å². The molecule has 0 radical (unpaired) electrons. The van der Waals surface area contributed by atoms with Crippen molar-refractivity contribution in [2.45, 2.75) is 87.9 Å². The number of aliphatic carboxylic acids is 1. The first-order valence-electron chi connectivity index (χ1n) is 24.8. The van der Waals surface area contributed by atoms with Gasteiger partial charge >= 0.3 is 5.97 Å². The minimum atomic E-state index is -1.89. The van der Waals surface area contributed by atoms with Crippen LogP contribution in [0.4, 0.5) is 0 Å². The molecule has 0 unspecified atom stereocenters. The molecular weight excluding hydrogens is 1040 g/mol. The summed E-state index contributed by atoms with van der Waals surface area (Å²) in [6.45, 7) is -1.96. The molecule has 28 nitrogen and oxygen atoms in total. The fourth-order valence-corrected chi connectivity index (χ4v) is 7.73. The largest absolute Gasteiger partial charge is 0.508 e. The zero-order valence-electron chi connectivity index (χ0n) is 43.1. The number of aliphatic hydroxyl groups excluding tert-OH is 4. The highest BCUT2D eigenvalue weighted by atomic mass is 16.4. The van der Waals surface area contributed by atoms with Gasteiger partial charge in [0.1, 0.15) is 59.8 Å². The Balaban J connectivity index is 1.59. The van der Waals surface area contributed by atoms with E-state index in [4.69, 9.17) is 5.73 Å². The fraction of sp³-hybridized carbons (Fsp3) is 0.412. The molecule has 9 atom stereocenters. The normalized spacial score (nSPS) is 14.5. The number of hydrogen-bond donors (Lipinski definition) is 18. The average molecular weight is 1110 g/mol. The maximum atomic E-state index is 14.5. The summed E-state index contributed by atoms with van der Waals surface area (Å²) in [5.74, 6) is -11.6. The van der Waals surface area contributed by atoms with E-state index in [1.807, 2.05) is 0 Å². The summed E-state index contributed by atoms with van der Waals surface area (Å²) in [6.07, 6.45) is 0.942. The molecule has 428 valence electrons. The number of fused-ring (bicyclic) bond motifs is 1. The van der Waals surface area contributed by atoms with Gasteiger partial charge in [0.15, 0.2) is 0 Å². The summed E-state index contributed by atoms with van der Waals surface area (Å²) < 4.78 is 0. The highest BCUT2D eigenvalue weighted by molar-refractivity contribution is 5.99. The third kappa shape index (κ3) is 19.1. The second kappa shape index (κ2) is 30.9. The average Bonchev–Trinajstić information content (AvgIpc) is 3.85. The summed E-state index contributed by atoms with van der Waals surface area (Å²) in [7, 11) is 0. The molecule has 0 bridgehead atoms. The van der Waals surface area contributed by atoms with E-state index < -0.39 is 153 Å². The Morgan fingerprint density at radius 3 is 1.37 bits per heavy atom. The number of nitrogens with one attached hydrogen (secondary N) is 10. The van der Waals surface area contributed by atoms with Gasteiger partial charge in [-0.25, -0.2) is 4.79 Å². The molecule has 4 rings (SSSR count). The topological polar surface area (TPSA) is 462 Å². The van der Waals surface area contributed by atoms with E-state index in [1.54, 1.807) is 44.3 Å². The van der Waals surface area contributed by atoms with E-state index in [1.165, 1.54) is 48.5 Å². The number of aliphatic hydroxyl groups is 4. The standard InChI is InChI=1S/C51H67N11O17/c1-3-26(2)43(62-49(76)37(22-63)55-42(70)21-54-41(69)19-52)50(77)60-39(24-65)48(75)59-38(23-64)47(74)57-35(17-28-10-14-31(68)15-11-28)44(71)56-34(16-27-8-12-30(67)13-9-27)45(72)58-36(46(73)61-40(25-66)51(78)79)18-29-20-53-33-7-5-4-6-32(29)33/h4-15,20,26,34-40,43,53,63-68H,3,16-19,21-25,52H2,1-2H3,(H,54,69)(H,55,70)(H,56,71)(H,57,74)(H,58,72)(H,59,75)(H,60,77)(H,61,73)(H,62,76)(H,78,79)/t26-,34-,35-,36-,37-,38-,39-,40-,43-/m0/s1. The number of carboxylic acids is 1. The molecule has 9 amide bonds. The number of carboxylic acid groups (broad SMARTS) is 1. The van der Waals surface area contributed by atoms with Crippen molar-refractivity contribution in [3.63, 3.8) is 0 Å². The number of para-hydroxylation sites is 1. The number of hydrogen-bond acceptors (Lipinski definition) is 17. The molecule has 0 aliphatic heterocycles. The van der Waals surface area contributed by atoms with Crippen LogP contribution in [-0.2, 0) is 67.2 Å². The van der Waals surface area contributed by atoms with Crippen LogP contribution in [0.5, 0.6) is 11.5 Å². The van der Waals surface area contributed by atoms with Gasteiger partial charge in [-0.2, -0.15) is 0 Å². The number of phenolic OH excluding ortho intramolecular Hbond substituents is 2. The van der Waals surface area contributed by atoms with E-state index >= 15 is 0 Å². The molecule has 28 heteroatoms. The predicted octanol–water partition coefficient (Wildman–Crippen LogP) is -5.34. The lowest BCUT2D eigenvalue weighted by atomic mass is 9.97. The Bertz CT molecular complexity index is 2760. The van der Waals surface area contributed by atoms with Gasteiger partial charge in [-0.1, -0.05) is 62.7 Å². The Morgan fingerprint density at radius 2 is 0.911 bits per heavy atom. The first-order valence-corrected chi connectivity index (χ1v) is 24.8. The summed E-state index contributed by atoms with van der Waals surface area (Å²) in [5.41, 5.74) is 7.11. The number of phenols is 2. The zero-order chi connectivity index (χ0) is 58.3. The van der Waals surface area contributed by atoms with Gasteiger partial charge in [0.05, 0.1) is 39.5 Å². The van der Waals surface area contributed by atoms with Crippen LogP contribution in [0.2, 0.25) is 0 Å². The number of aromatic hydroxyl groups is 2. The molecule has 1 heterocycles. The molecule has 0 spiro atoms. The Kier molecular flexibility index (Phi) is 24.6. The Hall–Kier alpha value is -8.70. The summed E-state index contributed by atoms with van der Waals surface area (Å²) in [6, 6.07) is 4.53. The highest BCUT2D eigenvalue weighted by Crippen LogP contribution is 2.20. The number of nitrogens with two attached hydrogens (primary N) is 1. The molecule has 0 saturated carbocycles. The quantitative estimate of drug-likeness (QED) is 0.0224. The lowest BCUT2D eigenvalue weighted by molar-refractivity contribution is -0.143. The van der Waals surface area contributed by atoms with Crippen molar-refractivity contribution < 1.29 is 83.7 Å². The van der Waals surface area contributed by atoms with E-state index in [9.17, 15) is 83.7 Å². The smallest absolute Gasteiger partial charge is 0.328 e. The first kappa shape index (κ1) is 62.8. The zero-order valence-corrected chi connectivity index (χ0v) is 43.1. The molecule has 1 aromatic heterocycles. The number of amides is 9. The van der Waals surface area contributed by atoms with Crippen LogP contribution >= 0.6 is 0 Å². The third-order valence-electron chi connectivity index (χ3n) is 12.4. The third-order valence-corrected chi connectivity index (χ3v) is 12.4. The Labute approximate surface area is 451 Å². The van der Waals surface area contributed by atoms with E-state index in [0.717, 1.165) is 0 Å². The van der Waals surface area contributed by atoms with E-state index in [-0.39, 0.29) is 37.2 Å². The second-order valence-electron chi connectivity index (χ2n) is 18.2. The van der Waals surface area contributed by atoms with Crippen LogP contribution in [0.15, 0.2) is 79.0 Å². The lowest BCUT2D eigenvalue weighted by Gasteiger charge is -2.28. The Morgan fingerprint density at radius 1 is 0.506 bits per heavy atom. The van der Waals surface area contributed by atoms with Crippen molar-refractivity contribution in [3.8, 4) is 11.5 Å². The van der Waals surface area contributed by atoms with Gasteiger partial charge in [0.25, 0.3) is 0 Å². The molecule has 3 aromatic carbocycles. The number of aromatic amines is 1. The fourth-order valence-electron chi connectivity index (χ4n) is 7.73. The van der Waals surface area contributed by atoms with Gasteiger partial charge in [0, 0.05) is 36.4 Å². The summed E-state index contributed by atoms with van der Waals surface area (Å²) in [4.78, 5) is 136. The summed E-state index contributed by atoms with van der Waals surface area (Å²) >= 11 is 0. The minimum absolute atomic E-state index is 0.138. The van der Waals surface area contributed by atoms with E-state index in [2.05, 4.69) is 52.8 Å². The molecule has 79 heavy (non-hydrogen) atoms. The van der Waals surface area contributed by atoms with Crippen molar-refractivity contribution in [2.24, 2.45) is 11.7 Å². The van der Waals surface area contributed by atoms with Crippen molar-refractivity contribution in [1.29, 1.82) is 0 Å². The number of H-pyrrole nitrogens is 1. The van der Waals surface area contributed by atoms with Crippen LogP contribution < -0.4 is 53.6 Å². The summed E-state index contributed by atoms with van der Waals surface area (Å²) in [5, 5.41) is 91.5. The minimum Gasteiger partial charge on any atom is -0.508 e. The van der Waals surface area contributed by atoms with Crippen LogP contribution in [0, 0.1) is 5.92 Å². The molecule has 19 N–H and O–H groups in total. The monoisotopic (exact) mass is 1110 g/mol. The maximum absolute atomic E-state index is 14.5.